The van der Waals surface area contributed by atoms with E-state index in [1.165, 1.54) is 0 Å². The number of thioether (sulfide) groups is 1. The molecule has 0 aliphatic heterocycles. The van der Waals surface area contributed by atoms with Crippen molar-refractivity contribution >= 4 is 29.2 Å². The van der Waals surface area contributed by atoms with Gasteiger partial charge in [-0.2, -0.15) is 5.10 Å². The molecule has 0 bridgehead atoms. The second-order valence-electron chi connectivity index (χ2n) is 2.54. The second-order valence-corrected chi connectivity index (χ2v) is 4.70. The molecule has 0 saturated heterocycles. The maximum Gasteiger partial charge on any atom is 0.150 e. The van der Waals surface area contributed by atoms with Crippen LogP contribution in [0.1, 0.15) is 5.56 Å². The van der Waals surface area contributed by atoms with Crippen LogP contribution >= 0.6 is 23.1 Å². The molecule has 0 aliphatic carbocycles. The van der Waals surface area contributed by atoms with Crippen LogP contribution in [0.2, 0.25) is 0 Å². The molecule has 14 heavy (non-hydrogen) atoms. The van der Waals surface area contributed by atoms with Gasteiger partial charge in [-0.3, -0.25) is 5.10 Å². The Labute approximate surface area is 90.3 Å². The van der Waals surface area contributed by atoms with Gasteiger partial charge in [0.15, 0.2) is 0 Å². The third kappa shape index (κ3) is 2.71. The third-order valence-electron chi connectivity index (χ3n) is 1.54. The number of nitrogens with one attached hydrogen (secondary N) is 1. The van der Waals surface area contributed by atoms with Crippen molar-refractivity contribution in [2.45, 2.75) is 4.34 Å². The molecule has 72 valence electrons. The van der Waals surface area contributed by atoms with Gasteiger partial charge in [0.1, 0.15) is 4.34 Å². The zero-order valence-electron chi connectivity index (χ0n) is 7.38. The number of hydrogen-bond acceptors (Lipinski definition) is 4. The molecule has 2 aromatic rings. The molecular weight excluding hydrogens is 214 g/mol. The molecule has 5 heteroatoms. The fraction of sp³-hybridized carbons (Fsp3) is 0.111. The molecule has 0 saturated carbocycles. The Morgan fingerprint density at radius 3 is 3.29 bits per heavy atom. The summed E-state index contributed by atoms with van der Waals surface area (Å²) >= 11 is 3.41. The summed E-state index contributed by atoms with van der Waals surface area (Å²) < 4.78 is 1.11. The van der Waals surface area contributed by atoms with Gasteiger partial charge in [-0.25, -0.2) is 4.98 Å². The number of rotatable bonds is 4. The van der Waals surface area contributed by atoms with E-state index in [0.29, 0.717) is 0 Å². The van der Waals surface area contributed by atoms with E-state index in [2.05, 4.69) is 21.3 Å². The molecule has 0 fully saturated rings. The predicted molar refractivity (Wildman–Crippen MR) is 60.5 cm³/mol. The van der Waals surface area contributed by atoms with Crippen molar-refractivity contribution in [2.24, 2.45) is 0 Å². The summed E-state index contributed by atoms with van der Waals surface area (Å²) in [6.45, 7) is 0. The molecule has 2 heterocycles. The molecule has 0 atom stereocenters. The lowest BCUT2D eigenvalue weighted by molar-refractivity contribution is 1.09. The van der Waals surface area contributed by atoms with Gasteiger partial charge < -0.3 is 0 Å². The second kappa shape index (κ2) is 4.97. The number of aromatic nitrogens is 3. The highest BCUT2D eigenvalue weighted by Crippen LogP contribution is 2.20. The van der Waals surface area contributed by atoms with E-state index in [-0.39, 0.29) is 0 Å². The maximum absolute atomic E-state index is 4.18. The van der Waals surface area contributed by atoms with Crippen molar-refractivity contribution in [3.63, 3.8) is 0 Å². The molecule has 0 spiro atoms. The molecule has 0 amide bonds. The van der Waals surface area contributed by atoms with Crippen LogP contribution in [0.15, 0.2) is 34.4 Å². The highest BCUT2D eigenvalue weighted by atomic mass is 32.2. The Hall–Kier alpha value is -1.07. The van der Waals surface area contributed by atoms with E-state index in [9.17, 15) is 0 Å². The highest BCUT2D eigenvalue weighted by Gasteiger charge is 1.92. The van der Waals surface area contributed by atoms with E-state index in [0.717, 1.165) is 15.7 Å². The lowest BCUT2D eigenvalue weighted by atomic mass is 10.3. The van der Waals surface area contributed by atoms with Gasteiger partial charge >= 0.3 is 0 Å². The smallest absolute Gasteiger partial charge is 0.150 e. The van der Waals surface area contributed by atoms with Gasteiger partial charge in [-0.1, -0.05) is 23.9 Å². The number of thiazole rings is 1. The van der Waals surface area contributed by atoms with Crippen molar-refractivity contribution < 1.29 is 0 Å². The number of aromatic amines is 1. The van der Waals surface area contributed by atoms with E-state index in [1.807, 2.05) is 23.8 Å². The Morgan fingerprint density at radius 2 is 2.57 bits per heavy atom. The number of nitrogens with zero attached hydrogens (tertiary/aromatic N) is 2. The third-order valence-corrected chi connectivity index (χ3v) is 3.46. The normalized spacial score (nSPS) is 11.1. The summed E-state index contributed by atoms with van der Waals surface area (Å²) in [6, 6.07) is 0. The quantitative estimate of drug-likeness (QED) is 0.810. The summed E-state index contributed by atoms with van der Waals surface area (Å²) in [5.41, 5.74) is 1.10. The van der Waals surface area contributed by atoms with Gasteiger partial charge in [-0.15, -0.1) is 11.3 Å². The summed E-state index contributed by atoms with van der Waals surface area (Å²) in [5.74, 6) is 0.943. The maximum atomic E-state index is 4.18. The Kier molecular flexibility index (Phi) is 3.37. The summed E-state index contributed by atoms with van der Waals surface area (Å²) in [4.78, 5) is 4.18. The molecule has 0 radical (unpaired) electrons. The molecule has 3 nitrogen and oxygen atoms in total. The number of hydrogen-bond donors (Lipinski definition) is 1. The molecule has 0 aromatic carbocycles. The first kappa shape index (κ1) is 9.48. The van der Waals surface area contributed by atoms with Gasteiger partial charge in [0.2, 0.25) is 0 Å². The van der Waals surface area contributed by atoms with Crippen molar-refractivity contribution in [1.29, 1.82) is 0 Å². The molecule has 0 unspecified atom stereocenters. The van der Waals surface area contributed by atoms with Crippen LogP contribution in [-0.2, 0) is 0 Å². The molecular formula is C9H9N3S2. The minimum atomic E-state index is 0.943. The summed E-state index contributed by atoms with van der Waals surface area (Å²) in [6.07, 6.45) is 9.64. The minimum absolute atomic E-state index is 0.943. The van der Waals surface area contributed by atoms with Crippen molar-refractivity contribution in [3.8, 4) is 0 Å². The van der Waals surface area contributed by atoms with Crippen molar-refractivity contribution in [2.75, 3.05) is 5.75 Å². The SMILES string of the molecule is C(=Cc1cn[nH]c1)CSc1nccs1. The Bertz CT molecular complexity index is 378. The van der Waals surface area contributed by atoms with Crippen molar-refractivity contribution in [3.05, 3.63) is 35.6 Å². The zero-order valence-corrected chi connectivity index (χ0v) is 9.02. The van der Waals surface area contributed by atoms with Gasteiger partial charge in [0.25, 0.3) is 0 Å². The van der Waals surface area contributed by atoms with Crippen LogP contribution in [0.25, 0.3) is 6.08 Å². The highest BCUT2D eigenvalue weighted by molar-refractivity contribution is 8.01. The van der Waals surface area contributed by atoms with Crippen LogP contribution in [-0.4, -0.2) is 20.9 Å². The van der Waals surface area contributed by atoms with Gasteiger partial charge in [0, 0.05) is 29.1 Å². The van der Waals surface area contributed by atoms with E-state index in [1.54, 1.807) is 29.3 Å². The van der Waals surface area contributed by atoms with Crippen LogP contribution in [0, 0.1) is 0 Å². The topological polar surface area (TPSA) is 41.6 Å². The Balaban J connectivity index is 1.78. The average molecular weight is 223 g/mol. The molecule has 0 aliphatic rings. The molecule has 1 N–H and O–H groups in total. The van der Waals surface area contributed by atoms with Crippen molar-refractivity contribution in [1.82, 2.24) is 15.2 Å². The van der Waals surface area contributed by atoms with Crippen LogP contribution in [0.3, 0.4) is 0 Å². The lowest BCUT2D eigenvalue weighted by Crippen LogP contribution is -1.71. The largest absolute Gasteiger partial charge is 0.285 e. The minimum Gasteiger partial charge on any atom is -0.285 e. The van der Waals surface area contributed by atoms with E-state index < -0.39 is 0 Å². The lowest BCUT2D eigenvalue weighted by Gasteiger charge is -1.88. The van der Waals surface area contributed by atoms with Crippen LogP contribution < -0.4 is 0 Å². The summed E-state index contributed by atoms with van der Waals surface area (Å²) in [7, 11) is 0. The fourth-order valence-electron chi connectivity index (χ4n) is 0.937. The number of H-pyrrole nitrogens is 1. The van der Waals surface area contributed by atoms with Gasteiger partial charge in [-0.05, 0) is 0 Å². The molecule has 2 aromatic heterocycles. The zero-order chi connectivity index (χ0) is 9.64. The Morgan fingerprint density at radius 1 is 1.57 bits per heavy atom. The van der Waals surface area contributed by atoms with E-state index >= 15 is 0 Å². The monoisotopic (exact) mass is 223 g/mol. The molecule has 2 rings (SSSR count). The van der Waals surface area contributed by atoms with Crippen LogP contribution in [0.4, 0.5) is 0 Å². The summed E-state index contributed by atoms with van der Waals surface area (Å²) in [5, 5.41) is 8.61. The standard InChI is InChI=1S/C9H9N3S2/c1(2-8-6-11-12-7-8)4-13-9-10-3-5-14-9/h1-3,5-7H,4H2,(H,11,12). The first-order chi connectivity index (χ1) is 6.95. The average Bonchev–Trinajstić information content (AvgIpc) is 2.86. The van der Waals surface area contributed by atoms with E-state index in [4.69, 9.17) is 0 Å². The first-order valence-electron chi connectivity index (χ1n) is 4.13. The fourth-order valence-corrected chi connectivity index (χ4v) is 2.41. The predicted octanol–water partition coefficient (Wildman–Crippen LogP) is 2.67. The van der Waals surface area contributed by atoms with Crippen LogP contribution in [0.5, 0.6) is 0 Å². The van der Waals surface area contributed by atoms with Gasteiger partial charge in [0.05, 0.1) is 6.20 Å². The first-order valence-corrected chi connectivity index (χ1v) is 5.99.